The van der Waals surface area contributed by atoms with Crippen molar-refractivity contribution in [3.63, 3.8) is 0 Å². The van der Waals surface area contributed by atoms with Crippen molar-refractivity contribution >= 4 is 17.4 Å². The number of Topliss-reactive ketones (excluding diaryl/α,β-unsaturated/α-hetero) is 1. The van der Waals surface area contributed by atoms with Crippen LogP contribution in [-0.2, 0) is 4.79 Å². The van der Waals surface area contributed by atoms with Gasteiger partial charge in [0.2, 0.25) is 0 Å². The molecule has 0 aromatic heterocycles. The van der Waals surface area contributed by atoms with Crippen LogP contribution in [0.25, 0.3) is 0 Å². The highest BCUT2D eigenvalue weighted by molar-refractivity contribution is 6.17. The van der Waals surface area contributed by atoms with Gasteiger partial charge in [-0.25, -0.2) is 0 Å². The number of carbonyl (C=O) groups is 1. The quantitative estimate of drug-likeness (QED) is 0.522. The number of ketones is 1. The first-order valence-electron chi connectivity index (χ1n) is 2.90. The zero-order valence-corrected chi connectivity index (χ0v) is 5.45. The van der Waals surface area contributed by atoms with E-state index in [4.69, 9.17) is 11.6 Å². The first kappa shape index (κ1) is 6.09. The predicted octanol–water partition coefficient (Wildman–Crippen LogP) is 1.59. The molecular weight excluding hydrogens is 124 g/mol. The maximum absolute atomic E-state index is 10.3. The maximum atomic E-state index is 10.3. The summed E-state index contributed by atoms with van der Waals surface area (Å²) < 4.78 is 0. The molecule has 8 heavy (non-hydrogen) atoms. The van der Waals surface area contributed by atoms with Crippen molar-refractivity contribution in [3.8, 4) is 0 Å². The van der Waals surface area contributed by atoms with Crippen LogP contribution < -0.4 is 0 Å². The molecule has 0 saturated heterocycles. The number of halogens is 1. The van der Waals surface area contributed by atoms with Gasteiger partial charge < -0.3 is 0 Å². The third-order valence-corrected chi connectivity index (χ3v) is 1.77. The van der Waals surface area contributed by atoms with Crippen LogP contribution in [0.15, 0.2) is 0 Å². The van der Waals surface area contributed by atoms with E-state index in [-0.39, 0.29) is 0 Å². The van der Waals surface area contributed by atoms with Crippen molar-refractivity contribution in [1.82, 2.24) is 0 Å². The van der Waals surface area contributed by atoms with Crippen LogP contribution in [0.1, 0.15) is 19.3 Å². The van der Waals surface area contributed by atoms with Crippen molar-refractivity contribution in [2.75, 3.05) is 5.88 Å². The Morgan fingerprint density at radius 2 is 2.25 bits per heavy atom. The van der Waals surface area contributed by atoms with Crippen molar-refractivity contribution in [2.45, 2.75) is 19.3 Å². The third kappa shape index (κ3) is 1.22. The molecule has 0 N–H and O–H groups in total. The Bertz CT molecular complexity index is 92.7. The summed E-state index contributed by atoms with van der Waals surface area (Å²) in [5.41, 5.74) is 0. The van der Waals surface area contributed by atoms with Crippen LogP contribution in [0.5, 0.6) is 0 Å². The molecule has 0 aromatic carbocycles. The lowest BCUT2D eigenvalue weighted by atomic mass is 9.82. The minimum Gasteiger partial charge on any atom is -0.300 e. The molecule has 1 aliphatic rings. The Labute approximate surface area is 54.0 Å². The van der Waals surface area contributed by atoms with E-state index >= 15 is 0 Å². The highest BCUT2D eigenvalue weighted by Crippen LogP contribution is 2.25. The standard InChI is InChI=1S/C6H9ClO/c7-2-1-5-3-6(8)4-5/h5H,1-4H2. The molecule has 0 spiro atoms. The van der Waals surface area contributed by atoms with Crippen LogP contribution in [0.4, 0.5) is 0 Å². The zero-order valence-electron chi connectivity index (χ0n) is 4.69. The summed E-state index contributed by atoms with van der Waals surface area (Å²) in [5.74, 6) is 1.73. The van der Waals surface area contributed by atoms with E-state index in [0.717, 1.165) is 19.3 Å². The van der Waals surface area contributed by atoms with Crippen molar-refractivity contribution in [2.24, 2.45) is 5.92 Å². The monoisotopic (exact) mass is 132 g/mol. The molecule has 0 aromatic rings. The maximum Gasteiger partial charge on any atom is 0.133 e. The number of rotatable bonds is 2. The van der Waals surface area contributed by atoms with E-state index in [1.165, 1.54) is 0 Å². The molecule has 0 heterocycles. The van der Waals surface area contributed by atoms with Gasteiger partial charge in [-0.05, 0) is 12.3 Å². The van der Waals surface area contributed by atoms with Crippen molar-refractivity contribution < 1.29 is 4.79 Å². The van der Waals surface area contributed by atoms with E-state index < -0.39 is 0 Å². The molecule has 46 valence electrons. The Morgan fingerprint density at radius 3 is 2.62 bits per heavy atom. The van der Waals surface area contributed by atoms with Gasteiger partial charge >= 0.3 is 0 Å². The molecule has 0 aliphatic heterocycles. The average Bonchev–Trinajstić information content (AvgIpc) is 1.64. The molecule has 0 bridgehead atoms. The zero-order chi connectivity index (χ0) is 5.98. The van der Waals surface area contributed by atoms with E-state index in [0.29, 0.717) is 17.6 Å². The summed E-state index contributed by atoms with van der Waals surface area (Å²) in [6.07, 6.45) is 2.59. The highest BCUT2D eigenvalue weighted by Gasteiger charge is 2.24. The molecule has 1 rings (SSSR count). The second kappa shape index (κ2) is 2.49. The number of hydrogen-bond acceptors (Lipinski definition) is 1. The Hall–Kier alpha value is -0.0400. The van der Waals surface area contributed by atoms with E-state index in [1.807, 2.05) is 0 Å². The fourth-order valence-corrected chi connectivity index (χ4v) is 1.25. The summed E-state index contributed by atoms with van der Waals surface area (Å²) in [4.78, 5) is 10.3. The predicted molar refractivity (Wildman–Crippen MR) is 33.1 cm³/mol. The van der Waals surface area contributed by atoms with E-state index in [1.54, 1.807) is 0 Å². The minimum atomic E-state index is 0.403. The number of alkyl halides is 1. The van der Waals surface area contributed by atoms with Gasteiger partial charge in [0.1, 0.15) is 5.78 Å². The molecule has 1 aliphatic carbocycles. The van der Waals surface area contributed by atoms with Crippen molar-refractivity contribution in [3.05, 3.63) is 0 Å². The number of hydrogen-bond donors (Lipinski definition) is 0. The van der Waals surface area contributed by atoms with Gasteiger partial charge in [-0.15, -0.1) is 11.6 Å². The molecular formula is C6H9ClO. The lowest BCUT2D eigenvalue weighted by molar-refractivity contribution is -0.126. The van der Waals surface area contributed by atoms with E-state index in [2.05, 4.69) is 0 Å². The molecule has 1 fully saturated rings. The first-order chi connectivity index (χ1) is 3.83. The van der Waals surface area contributed by atoms with Crippen LogP contribution in [-0.4, -0.2) is 11.7 Å². The van der Waals surface area contributed by atoms with E-state index in [9.17, 15) is 4.79 Å². The topological polar surface area (TPSA) is 17.1 Å². The Morgan fingerprint density at radius 1 is 1.62 bits per heavy atom. The molecule has 0 unspecified atom stereocenters. The molecule has 0 radical (unpaired) electrons. The van der Waals surface area contributed by atoms with Gasteiger partial charge in [-0.1, -0.05) is 0 Å². The molecule has 2 heteroatoms. The van der Waals surface area contributed by atoms with Crippen LogP contribution in [0.3, 0.4) is 0 Å². The molecule has 0 atom stereocenters. The normalized spacial score (nSPS) is 20.9. The van der Waals surface area contributed by atoms with Gasteiger partial charge in [0.05, 0.1) is 0 Å². The van der Waals surface area contributed by atoms with Crippen LogP contribution >= 0.6 is 11.6 Å². The Balaban J connectivity index is 2.06. The van der Waals surface area contributed by atoms with Gasteiger partial charge in [0.25, 0.3) is 0 Å². The summed E-state index contributed by atoms with van der Waals surface area (Å²) in [7, 11) is 0. The number of carbonyl (C=O) groups excluding carboxylic acids is 1. The smallest absolute Gasteiger partial charge is 0.133 e. The summed E-state index contributed by atoms with van der Waals surface area (Å²) in [6, 6.07) is 0. The largest absolute Gasteiger partial charge is 0.300 e. The lowest BCUT2D eigenvalue weighted by Crippen LogP contribution is -2.23. The average molecular weight is 133 g/mol. The Kier molecular flexibility index (Phi) is 1.90. The van der Waals surface area contributed by atoms with Gasteiger partial charge in [-0.3, -0.25) is 4.79 Å². The minimum absolute atomic E-state index is 0.403. The first-order valence-corrected chi connectivity index (χ1v) is 3.44. The molecule has 1 nitrogen and oxygen atoms in total. The summed E-state index contributed by atoms with van der Waals surface area (Å²) in [6.45, 7) is 0. The summed E-state index contributed by atoms with van der Waals surface area (Å²) >= 11 is 5.45. The fraction of sp³-hybridized carbons (Fsp3) is 0.833. The second-order valence-electron chi connectivity index (χ2n) is 2.29. The van der Waals surface area contributed by atoms with Gasteiger partial charge in [0.15, 0.2) is 0 Å². The molecule has 1 saturated carbocycles. The van der Waals surface area contributed by atoms with Gasteiger partial charge in [0, 0.05) is 18.7 Å². The highest BCUT2D eigenvalue weighted by atomic mass is 35.5. The SMILES string of the molecule is O=C1CC(CCCl)C1. The summed E-state index contributed by atoms with van der Waals surface area (Å²) in [5, 5.41) is 0. The third-order valence-electron chi connectivity index (χ3n) is 1.55. The fourth-order valence-electron chi connectivity index (χ4n) is 0.943. The lowest BCUT2D eigenvalue weighted by Gasteiger charge is -2.22. The second-order valence-corrected chi connectivity index (χ2v) is 2.67. The van der Waals surface area contributed by atoms with Crippen LogP contribution in [0.2, 0.25) is 0 Å². The van der Waals surface area contributed by atoms with Crippen LogP contribution in [0, 0.1) is 5.92 Å². The molecule has 0 amide bonds. The van der Waals surface area contributed by atoms with Crippen molar-refractivity contribution in [1.29, 1.82) is 0 Å². The van der Waals surface area contributed by atoms with Gasteiger partial charge in [-0.2, -0.15) is 0 Å².